The Hall–Kier alpha value is -0.900. The molecule has 0 saturated carbocycles. The van der Waals surface area contributed by atoms with Gasteiger partial charge in [-0.1, -0.05) is 44.2 Å². The van der Waals surface area contributed by atoms with Crippen LogP contribution in [0.15, 0.2) is 30.3 Å². The van der Waals surface area contributed by atoms with E-state index in [2.05, 4.69) is 24.4 Å². The molecule has 3 N–H and O–H groups in total. The molecule has 0 fully saturated rings. The van der Waals surface area contributed by atoms with Crippen molar-refractivity contribution in [2.24, 2.45) is 0 Å². The summed E-state index contributed by atoms with van der Waals surface area (Å²) in [6.45, 7) is 4.03. The first kappa shape index (κ1) is 15.2. The van der Waals surface area contributed by atoms with Crippen LogP contribution in [0.5, 0.6) is 0 Å². The average Bonchev–Trinajstić information content (AvgIpc) is 2.45. The van der Waals surface area contributed by atoms with Gasteiger partial charge in [0.2, 0.25) is 0 Å². The molecule has 1 unspecified atom stereocenters. The van der Waals surface area contributed by atoms with Crippen molar-refractivity contribution in [3.05, 3.63) is 35.9 Å². The topological polar surface area (TPSA) is 52.5 Å². The Kier molecular flexibility index (Phi) is 6.33. The Morgan fingerprint density at radius 3 is 2.17 bits per heavy atom. The predicted octanol–water partition coefficient (Wildman–Crippen LogP) is 1.73. The smallest absolute Gasteiger partial charge is 0.0647 e. The van der Waals surface area contributed by atoms with Crippen molar-refractivity contribution in [2.45, 2.75) is 44.7 Å². The number of hydrogen-bond donors (Lipinski definition) is 3. The van der Waals surface area contributed by atoms with Crippen LogP contribution in [0.25, 0.3) is 0 Å². The Morgan fingerprint density at radius 2 is 1.72 bits per heavy atom. The molecule has 1 atom stereocenters. The summed E-state index contributed by atoms with van der Waals surface area (Å²) >= 11 is 0. The Balaban J connectivity index is 2.66. The van der Waals surface area contributed by atoms with Gasteiger partial charge in [-0.3, -0.25) is 0 Å². The van der Waals surface area contributed by atoms with Gasteiger partial charge >= 0.3 is 0 Å². The molecule has 0 bridgehead atoms. The number of hydrogen-bond acceptors (Lipinski definition) is 3. The van der Waals surface area contributed by atoms with E-state index < -0.39 is 5.54 Å². The summed E-state index contributed by atoms with van der Waals surface area (Å²) in [5.74, 6) is 0. The summed E-state index contributed by atoms with van der Waals surface area (Å²) in [6, 6.07) is 10.6. The van der Waals surface area contributed by atoms with E-state index in [1.165, 1.54) is 5.56 Å². The van der Waals surface area contributed by atoms with Crippen molar-refractivity contribution >= 4 is 0 Å². The minimum Gasteiger partial charge on any atom is -0.394 e. The minimum atomic E-state index is -0.560. The number of nitrogens with one attached hydrogen (secondary N) is 1. The number of benzene rings is 1. The molecule has 0 aliphatic heterocycles. The second-order valence-corrected chi connectivity index (χ2v) is 4.89. The molecule has 1 aromatic carbocycles. The van der Waals surface area contributed by atoms with Crippen molar-refractivity contribution in [3.63, 3.8) is 0 Å². The van der Waals surface area contributed by atoms with Gasteiger partial charge in [-0.05, 0) is 24.8 Å². The van der Waals surface area contributed by atoms with Crippen molar-refractivity contribution in [2.75, 3.05) is 13.2 Å². The second-order valence-electron chi connectivity index (χ2n) is 4.89. The van der Waals surface area contributed by atoms with E-state index in [9.17, 15) is 10.2 Å². The van der Waals surface area contributed by atoms with E-state index in [4.69, 9.17) is 0 Å². The first-order valence-electron chi connectivity index (χ1n) is 6.73. The van der Waals surface area contributed by atoms with Crippen LogP contribution in [0, 0.1) is 0 Å². The molecule has 1 rings (SSSR count). The van der Waals surface area contributed by atoms with Gasteiger partial charge in [-0.15, -0.1) is 0 Å². The number of aliphatic hydroxyl groups is 2. The highest BCUT2D eigenvalue weighted by Gasteiger charge is 2.28. The van der Waals surface area contributed by atoms with E-state index in [1.807, 2.05) is 25.1 Å². The molecular weight excluding hydrogens is 226 g/mol. The lowest BCUT2D eigenvalue weighted by atomic mass is 9.94. The van der Waals surface area contributed by atoms with Crippen LogP contribution in [0.4, 0.5) is 0 Å². The maximum Gasteiger partial charge on any atom is 0.0647 e. The Bertz CT molecular complexity index is 314. The van der Waals surface area contributed by atoms with Crippen molar-refractivity contribution in [3.8, 4) is 0 Å². The van der Waals surface area contributed by atoms with Crippen LogP contribution in [0.3, 0.4) is 0 Å². The first-order chi connectivity index (χ1) is 8.69. The molecule has 0 amide bonds. The van der Waals surface area contributed by atoms with Crippen LogP contribution >= 0.6 is 0 Å². The van der Waals surface area contributed by atoms with E-state index >= 15 is 0 Å². The third kappa shape index (κ3) is 4.09. The van der Waals surface area contributed by atoms with Crippen molar-refractivity contribution < 1.29 is 10.2 Å². The highest BCUT2D eigenvalue weighted by atomic mass is 16.3. The van der Waals surface area contributed by atoms with Crippen LogP contribution in [-0.2, 0) is 6.42 Å². The minimum absolute atomic E-state index is 0.0364. The van der Waals surface area contributed by atoms with Crippen LogP contribution < -0.4 is 5.32 Å². The van der Waals surface area contributed by atoms with Gasteiger partial charge in [0.1, 0.15) is 0 Å². The molecule has 102 valence electrons. The second kappa shape index (κ2) is 7.52. The third-order valence-corrected chi connectivity index (χ3v) is 3.61. The fourth-order valence-corrected chi connectivity index (χ4v) is 2.10. The SMILES string of the molecule is CCC(Cc1ccccc1)NC(CC)(CO)CO. The van der Waals surface area contributed by atoms with E-state index in [-0.39, 0.29) is 19.3 Å². The fraction of sp³-hybridized carbons (Fsp3) is 0.600. The van der Waals surface area contributed by atoms with Crippen molar-refractivity contribution in [1.29, 1.82) is 0 Å². The zero-order valence-electron chi connectivity index (χ0n) is 11.4. The number of rotatable bonds is 8. The molecule has 0 radical (unpaired) electrons. The summed E-state index contributed by atoms with van der Waals surface area (Å²) in [7, 11) is 0. The van der Waals surface area contributed by atoms with Crippen molar-refractivity contribution in [1.82, 2.24) is 5.32 Å². The van der Waals surface area contributed by atoms with E-state index in [1.54, 1.807) is 0 Å². The summed E-state index contributed by atoms with van der Waals surface area (Å²) < 4.78 is 0. The quantitative estimate of drug-likeness (QED) is 0.659. The summed E-state index contributed by atoms with van der Waals surface area (Å²) in [5, 5.41) is 22.3. The standard InChI is InChI=1S/C15H25NO2/c1-3-14(10-13-8-6-5-7-9-13)16-15(4-2,11-17)12-18/h5-9,14,16-18H,3-4,10-12H2,1-2H3. The lowest BCUT2D eigenvalue weighted by Crippen LogP contribution is -2.55. The van der Waals surface area contributed by atoms with Gasteiger partial charge in [-0.2, -0.15) is 0 Å². The molecule has 0 saturated heterocycles. The molecule has 1 aromatic rings. The lowest BCUT2D eigenvalue weighted by molar-refractivity contribution is 0.0769. The molecule has 18 heavy (non-hydrogen) atoms. The molecule has 0 spiro atoms. The van der Waals surface area contributed by atoms with Crippen LogP contribution in [0.2, 0.25) is 0 Å². The Labute approximate surface area is 110 Å². The molecule has 0 heterocycles. The monoisotopic (exact) mass is 251 g/mol. The maximum atomic E-state index is 9.46. The molecule has 0 aliphatic carbocycles. The summed E-state index contributed by atoms with van der Waals surface area (Å²) in [4.78, 5) is 0. The largest absolute Gasteiger partial charge is 0.394 e. The first-order valence-corrected chi connectivity index (χ1v) is 6.73. The van der Waals surface area contributed by atoms with Gasteiger partial charge in [0.05, 0.1) is 18.8 Å². The predicted molar refractivity (Wildman–Crippen MR) is 74.6 cm³/mol. The Morgan fingerprint density at radius 1 is 1.11 bits per heavy atom. The zero-order valence-corrected chi connectivity index (χ0v) is 11.4. The van der Waals surface area contributed by atoms with Crippen LogP contribution in [0.1, 0.15) is 32.3 Å². The highest BCUT2D eigenvalue weighted by molar-refractivity contribution is 5.16. The van der Waals surface area contributed by atoms with E-state index in [0.29, 0.717) is 6.42 Å². The van der Waals surface area contributed by atoms with Gasteiger partial charge in [-0.25, -0.2) is 0 Å². The average molecular weight is 251 g/mol. The molecule has 3 heteroatoms. The van der Waals surface area contributed by atoms with Crippen LogP contribution in [-0.4, -0.2) is 35.0 Å². The maximum absolute atomic E-state index is 9.46. The lowest BCUT2D eigenvalue weighted by Gasteiger charge is -2.34. The van der Waals surface area contributed by atoms with Gasteiger partial charge in [0.25, 0.3) is 0 Å². The van der Waals surface area contributed by atoms with Gasteiger partial charge in [0, 0.05) is 6.04 Å². The molecule has 3 nitrogen and oxygen atoms in total. The molecule has 0 aromatic heterocycles. The fourth-order valence-electron chi connectivity index (χ4n) is 2.10. The highest BCUT2D eigenvalue weighted by Crippen LogP contribution is 2.14. The zero-order chi connectivity index (χ0) is 13.4. The summed E-state index contributed by atoms with van der Waals surface area (Å²) in [6.07, 6.45) is 2.60. The van der Waals surface area contributed by atoms with Gasteiger partial charge < -0.3 is 15.5 Å². The molecular formula is C15H25NO2. The molecule has 0 aliphatic rings. The van der Waals surface area contributed by atoms with Gasteiger partial charge in [0.15, 0.2) is 0 Å². The van der Waals surface area contributed by atoms with E-state index in [0.717, 1.165) is 12.8 Å². The number of aliphatic hydroxyl groups excluding tert-OH is 2. The third-order valence-electron chi connectivity index (χ3n) is 3.61. The summed E-state index contributed by atoms with van der Waals surface area (Å²) in [5.41, 5.74) is 0.716. The normalized spacial score (nSPS) is 13.6.